The molecule has 0 aliphatic carbocycles. The van der Waals surface area contributed by atoms with E-state index in [9.17, 15) is 4.79 Å². The zero-order valence-electron chi connectivity index (χ0n) is 8.99. The quantitative estimate of drug-likeness (QED) is 0.722. The van der Waals surface area contributed by atoms with Gasteiger partial charge >= 0.3 is 0 Å². The number of amides is 1. The molecule has 2 N–H and O–H groups in total. The molecule has 0 heterocycles. The fourth-order valence-electron chi connectivity index (χ4n) is 1.03. The van der Waals surface area contributed by atoms with Crippen LogP contribution in [0.2, 0.25) is 0 Å². The number of hydrogen-bond acceptors (Lipinski definition) is 3. The second-order valence-corrected chi connectivity index (χ2v) is 3.13. The first-order chi connectivity index (χ1) is 7.24. The lowest BCUT2D eigenvalue weighted by Crippen LogP contribution is -2.38. The Hall–Kier alpha value is -1.39. The van der Waals surface area contributed by atoms with Gasteiger partial charge in [-0.2, -0.15) is 5.48 Å². The molecule has 0 aliphatic rings. The molecule has 0 spiro atoms. The maximum atomic E-state index is 11.6. The summed E-state index contributed by atoms with van der Waals surface area (Å²) in [4.78, 5) is 16.5. The van der Waals surface area contributed by atoms with Crippen molar-refractivity contribution in [3.63, 3.8) is 0 Å². The van der Waals surface area contributed by atoms with E-state index in [4.69, 9.17) is 4.84 Å². The highest BCUT2D eigenvalue weighted by molar-refractivity contribution is 5.94. The highest BCUT2D eigenvalue weighted by Gasteiger charge is 2.11. The van der Waals surface area contributed by atoms with E-state index < -0.39 is 0 Å². The van der Waals surface area contributed by atoms with Gasteiger partial charge in [-0.15, -0.1) is 0 Å². The highest BCUT2D eigenvalue weighted by Crippen LogP contribution is 2.05. The lowest BCUT2D eigenvalue weighted by atomic mass is 10.3. The van der Waals surface area contributed by atoms with Gasteiger partial charge in [-0.1, -0.05) is 18.2 Å². The van der Waals surface area contributed by atoms with Crippen LogP contribution in [0.25, 0.3) is 0 Å². The van der Waals surface area contributed by atoms with Gasteiger partial charge in [0.1, 0.15) is 6.04 Å². The Morgan fingerprint density at radius 2 is 2.07 bits per heavy atom. The molecule has 82 valence electrons. The van der Waals surface area contributed by atoms with E-state index >= 15 is 0 Å². The Morgan fingerprint density at radius 1 is 1.40 bits per heavy atom. The number of anilines is 1. The third-order valence-corrected chi connectivity index (χ3v) is 1.84. The normalized spacial score (nSPS) is 12.1. The summed E-state index contributed by atoms with van der Waals surface area (Å²) in [5.41, 5.74) is 3.43. The molecule has 1 rings (SSSR count). The van der Waals surface area contributed by atoms with Gasteiger partial charge < -0.3 is 10.2 Å². The van der Waals surface area contributed by atoms with E-state index in [-0.39, 0.29) is 11.9 Å². The van der Waals surface area contributed by atoms with Crippen molar-refractivity contribution in [2.75, 3.05) is 11.9 Å². The molecule has 4 nitrogen and oxygen atoms in total. The van der Waals surface area contributed by atoms with Crippen LogP contribution < -0.4 is 10.8 Å². The van der Waals surface area contributed by atoms with Crippen LogP contribution in [0.3, 0.4) is 0 Å². The molecule has 1 amide bonds. The molecule has 0 aromatic heterocycles. The molecule has 1 unspecified atom stereocenters. The Labute approximate surface area is 89.6 Å². The SMILES string of the molecule is CCONC(C)C(=O)Nc1ccccc1. The topological polar surface area (TPSA) is 50.4 Å². The second kappa shape index (κ2) is 6.16. The summed E-state index contributed by atoms with van der Waals surface area (Å²) in [6.07, 6.45) is 0. The predicted molar refractivity (Wildman–Crippen MR) is 59.3 cm³/mol. The van der Waals surface area contributed by atoms with Crippen LogP contribution in [-0.2, 0) is 9.63 Å². The van der Waals surface area contributed by atoms with Crippen molar-refractivity contribution >= 4 is 11.6 Å². The summed E-state index contributed by atoms with van der Waals surface area (Å²) >= 11 is 0. The fourth-order valence-corrected chi connectivity index (χ4v) is 1.03. The van der Waals surface area contributed by atoms with Gasteiger partial charge in [0.25, 0.3) is 0 Å². The third-order valence-electron chi connectivity index (χ3n) is 1.84. The van der Waals surface area contributed by atoms with Crippen LogP contribution >= 0.6 is 0 Å². The summed E-state index contributed by atoms with van der Waals surface area (Å²) in [6.45, 7) is 4.13. The minimum absolute atomic E-state index is 0.116. The van der Waals surface area contributed by atoms with Gasteiger partial charge in [0.15, 0.2) is 0 Å². The highest BCUT2D eigenvalue weighted by atomic mass is 16.6. The van der Waals surface area contributed by atoms with Crippen molar-refractivity contribution in [1.82, 2.24) is 5.48 Å². The van der Waals surface area contributed by atoms with E-state index in [1.165, 1.54) is 0 Å². The molecule has 0 bridgehead atoms. The van der Waals surface area contributed by atoms with Gasteiger partial charge in [-0.05, 0) is 26.0 Å². The van der Waals surface area contributed by atoms with Crippen LogP contribution in [0, 0.1) is 0 Å². The molecule has 0 radical (unpaired) electrons. The molecule has 1 atom stereocenters. The number of carbonyl (C=O) groups is 1. The van der Waals surface area contributed by atoms with Gasteiger partial charge in [-0.3, -0.25) is 4.79 Å². The van der Waals surface area contributed by atoms with E-state index in [0.29, 0.717) is 6.61 Å². The number of nitrogens with one attached hydrogen (secondary N) is 2. The molecule has 0 saturated carbocycles. The predicted octanol–water partition coefficient (Wildman–Crippen LogP) is 1.55. The number of carbonyl (C=O) groups excluding carboxylic acids is 1. The molecule has 1 aromatic rings. The zero-order valence-corrected chi connectivity index (χ0v) is 8.99. The molecule has 4 heteroatoms. The Bertz CT molecular complexity index is 301. The fraction of sp³-hybridized carbons (Fsp3) is 0.364. The first kappa shape index (κ1) is 11.7. The second-order valence-electron chi connectivity index (χ2n) is 3.13. The van der Waals surface area contributed by atoms with Crippen LogP contribution in [-0.4, -0.2) is 18.6 Å². The van der Waals surface area contributed by atoms with Crippen LogP contribution in [0.4, 0.5) is 5.69 Å². The Balaban J connectivity index is 2.42. The average Bonchev–Trinajstić information content (AvgIpc) is 2.27. The Kier molecular flexibility index (Phi) is 4.80. The summed E-state index contributed by atoms with van der Waals surface area (Å²) in [6, 6.07) is 8.95. The van der Waals surface area contributed by atoms with Crippen molar-refractivity contribution < 1.29 is 9.63 Å². The van der Waals surface area contributed by atoms with E-state index in [0.717, 1.165) is 5.69 Å². The number of hydroxylamine groups is 1. The molecular weight excluding hydrogens is 192 g/mol. The molecule has 0 fully saturated rings. The van der Waals surface area contributed by atoms with Gasteiger partial charge in [0.05, 0.1) is 6.61 Å². The first-order valence-electron chi connectivity index (χ1n) is 4.97. The van der Waals surface area contributed by atoms with Crippen LogP contribution in [0.1, 0.15) is 13.8 Å². The smallest absolute Gasteiger partial charge is 0.243 e. The lowest BCUT2D eigenvalue weighted by molar-refractivity contribution is -0.121. The van der Waals surface area contributed by atoms with Crippen molar-refractivity contribution in [3.05, 3.63) is 30.3 Å². The average molecular weight is 208 g/mol. The zero-order chi connectivity index (χ0) is 11.1. The minimum Gasteiger partial charge on any atom is -0.325 e. The van der Waals surface area contributed by atoms with Crippen molar-refractivity contribution in [2.24, 2.45) is 0 Å². The Morgan fingerprint density at radius 3 is 2.67 bits per heavy atom. The molecule has 15 heavy (non-hydrogen) atoms. The molecule has 1 aromatic carbocycles. The molecule has 0 aliphatic heterocycles. The van der Waals surface area contributed by atoms with E-state index in [2.05, 4.69) is 10.8 Å². The van der Waals surface area contributed by atoms with Crippen LogP contribution in [0.5, 0.6) is 0 Å². The third kappa shape index (κ3) is 4.10. The summed E-state index contributed by atoms with van der Waals surface area (Å²) in [5, 5.41) is 2.77. The number of benzene rings is 1. The lowest BCUT2D eigenvalue weighted by Gasteiger charge is -2.12. The monoisotopic (exact) mass is 208 g/mol. The van der Waals surface area contributed by atoms with Gasteiger partial charge in [-0.25, -0.2) is 0 Å². The van der Waals surface area contributed by atoms with Crippen molar-refractivity contribution in [2.45, 2.75) is 19.9 Å². The summed E-state index contributed by atoms with van der Waals surface area (Å²) < 4.78 is 0. The van der Waals surface area contributed by atoms with Gasteiger partial charge in [0, 0.05) is 5.69 Å². The number of hydrogen-bond donors (Lipinski definition) is 2. The number of para-hydroxylation sites is 1. The maximum Gasteiger partial charge on any atom is 0.243 e. The first-order valence-corrected chi connectivity index (χ1v) is 4.97. The van der Waals surface area contributed by atoms with Crippen LogP contribution in [0.15, 0.2) is 30.3 Å². The largest absolute Gasteiger partial charge is 0.325 e. The molecule has 0 saturated heterocycles. The van der Waals surface area contributed by atoms with E-state index in [1.54, 1.807) is 6.92 Å². The molecular formula is C11H16N2O2. The number of rotatable bonds is 5. The van der Waals surface area contributed by atoms with Crippen molar-refractivity contribution in [3.8, 4) is 0 Å². The summed E-state index contributed by atoms with van der Waals surface area (Å²) in [5.74, 6) is -0.116. The summed E-state index contributed by atoms with van der Waals surface area (Å²) in [7, 11) is 0. The minimum atomic E-state index is -0.370. The maximum absolute atomic E-state index is 11.6. The van der Waals surface area contributed by atoms with Crippen molar-refractivity contribution in [1.29, 1.82) is 0 Å². The van der Waals surface area contributed by atoms with E-state index in [1.807, 2.05) is 37.3 Å². The standard InChI is InChI=1S/C11H16N2O2/c1-3-15-13-9(2)11(14)12-10-7-5-4-6-8-10/h4-9,13H,3H2,1-2H3,(H,12,14). The van der Waals surface area contributed by atoms with Gasteiger partial charge in [0.2, 0.25) is 5.91 Å².